The number of ether oxygens (including phenoxy) is 1. The lowest BCUT2D eigenvalue weighted by Crippen LogP contribution is -2.47. The molecule has 1 heterocycles. The monoisotopic (exact) mass is 479 g/mol. The minimum Gasteiger partial charge on any atom is -0.385 e. The average Bonchev–Trinajstić information content (AvgIpc) is 3.04. The SMILES string of the molecule is CN=C(NCCCc1nc(C(C)C)no1)NCC1(CCOC)CCC1.I. The Morgan fingerprint density at radius 1 is 1.35 bits per heavy atom. The van der Waals surface area contributed by atoms with E-state index in [1.54, 1.807) is 7.11 Å². The molecule has 26 heavy (non-hydrogen) atoms. The molecule has 0 aliphatic heterocycles. The Hall–Kier alpha value is -0.900. The molecule has 1 fully saturated rings. The number of nitrogens with zero attached hydrogens (tertiary/aromatic N) is 3. The summed E-state index contributed by atoms with van der Waals surface area (Å²) < 4.78 is 10.5. The summed E-state index contributed by atoms with van der Waals surface area (Å²) in [6.45, 7) is 6.73. The Balaban J connectivity index is 0.00000338. The standard InChI is InChI=1S/C18H33N5O2.HI/c1-14(2)16-22-15(25-23-16)7-5-11-20-17(19-3)21-13-18(8-6-9-18)10-12-24-4;/h14H,5-13H2,1-4H3,(H2,19,20,21);1H. The highest BCUT2D eigenvalue weighted by atomic mass is 127. The van der Waals surface area contributed by atoms with Crippen molar-refractivity contribution in [2.45, 2.75) is 58.3 Å². The van der Waals surface area contributed by atoms with Gasteiger partial charge in [0.25, 0.3) is 0 Å². The predicted octanol–water partition coefficient (Wildman–Crippen LogP) is 3.12. The second-order valence-electron chi connectivity index (χ2n) is 7.25. The number of nitrogens with one attached hydrogen (secondary N) is 2. The average molecular weight is 479 g/mol. The van der Waals surface area contributed by atoms with Crippen LogP contribution in [0, 0.1) is 5.41 Å². The second kappa shape index (κ2) is 11.7. The Labute approximate surface area is 174 Å². The minimum absolute atomic E-state index is 0. The predicted molar refractivity (Wildman–Crippen MR) is 114 cm³/mol. The molecule has 8 heteroatoms. The Kier molecular flexibility index (Phi) is 10.4. The molecule has 2 N–H and O–H groups in total. The van der Waals surface area contributed by atoms with Crippen molar-refractivity contribution >= 4 is 29.9 Å². The molecule has 0 saturated heterocycles. The number of guanidine groups is 1. The number of aromatic nitrogens is 2. The first-order valence-corrected chi connectivity index (χ1v) is 9.34. The van der Waals surface area contributed by atoms with Crippen LogP contribution in [0.25, 0.3) is 0 Å². The molecule has 1 aromatic heterocycles. The molecule has 0 unspecified atom stereocenters. The molecule has 1 aromatic rings. The van der Waals surface area contributed by atoms with Crippen LogP contribution in [0.2, 0.25) is 0 Å². The summed E-state index contributed by atoms with van der Waals surface area (Å²) in [4.78, 5) is 8.71. The normalized spacial score (nSPS) is 16.1. The van der Waals surface area contributed by atoms with Crippen molar-refractivity contribution in [3.8, 4) is 0 Å². The number of hydrogen-bond acceptors (Lipinski definition) is 5. The Morgan fingerprint density at radius 2 is 2.12 bits per heavy atom. The summed E-state index contributed by atoms with van der Waals surface area (Å²) in [6.07, 6.45) is 6.69. The highest BCUT2D eigenvalue weighted by Crippen LogP contribution is 2.43. The summed E-state index contributed by atoms with van der Waals surface area (Å²) in [5.41, 5.74) is 0.380. The molecule has 150 valence electrons. The summed E-state index contributed by atoms with van der Waals surface area (Å²) >= 11 is 0. The molecule has 2 rings (SSSR count). The van der Waals surface area contributed by atoms with E-state index in [4.69, 9.17) is 9.26 Å². The molecule has 7 nitrogen and oxygen atoms in total. The van der Waals surface area contributed by atoms with Crippen LogP contribution >= 0.6 is 24.0 Å². The quantitative estimate of drug-likeness (QED) is 0.232. The Bertz CT molecular complexity index is 543. The van der Waals surface area contributed by atoms with Gasteiger partial charge in [0.05, 0.1) is 0 Å². The summed E-state index contributed by atoms with van der Waals surface area (Å²) in [6, 6.07) is 0. The topological polar surface area (TPSA) is 84.6 Å². The molecule has 0 atom stereocenters. The van der Waals surface area contributed by atoms with E-state index in [1.165, 1.54) is 19.3 Å². The number of aryl methyl sites for hydroxylation is 1. The fourth-order valence-corrected chi connectivity index (χ4v) is 3.05. The third-order valence-electron chi connectivity index (χ3n) is 4.97. The zero-order chi connectivity index (χ0) is 18.1. The lowest BCUT2D eigenvalue weighted by atomic mass is 9.67. The Morgan fingerprint density at radius 3 is 2.65 bits per heavy atom. The number of aliphatic imine (C=N–C) groups is 1. The van der Waals surface area contributed by atoms with Crippen LogP contribution in [0.15, 0.2) is 9.52 Å². The van der Waals surface area contributed by atoms with Crippen molar-refractivity contribution in [1.29, 1.82) is 0 Å². The lowest BCUT2D eigenvalue weighted by Gasteiger charge is -2.42. The van der Waals surface area contributed by atoms with Crippen molar-refractivity contribution in [1.82, 2.24) is 20.8 Å². The van der Waals surface area contributed by atoms with Crippen LogP contribution in [-0.4, -0.2) is 50.0 Å². The highest BCUT2D eigenvalue weighted by Gasteiger charge is 2.36. The van der Waals surface area contributed by atoms with Gasteiger partial charge in [-0.1, -0.05) is 25.4 Å². The van der Waals surface area contributed by atoms with E-state index >= 15 is 0 Å². The molecule has 1 aliphatic rings. The van der Waals surface area contributed by atoms with E-state index in [9.17, 15) is 0 Å². The van der Waals surface area contributed by atoms with E-state index in [0.717, 1.165) is 50.7 Å². The number of halogens is 1. The smallest absolute Gasteiger partial charge is 0.226 e. The third-order valence-corrected chi connectivity index (χ3v) is 4.97. The summed E-state index contributed by atoms with van der Waals surface area (Å²) in [7, 11) is 3.58. The maximum Gasteiger partial charge on any atom is 0.226 e. The molecule has 0 radical (unpaired) electrons. The van der Waals surface area contributed by atoms with Crippen molar-refractivity contribution < 1.29 is 9.26 Å². The van der Waals surface area contributed by atoms with Crippen molar-refractivity contribution in [3.05, 3.63) is 11.7 Å². The summed E-state index contributed by atoms with van der Waals surface area (Å²) in [5, 5.41) is 10.8. The molecular formula is C18H34IN5O2. The van der Waals surface area contributed by atoms with Gasteiger partial charge in [-0.3, -0.25) is 4.99 Å². The second-order valence-corrected chi connectivity index (χ2v) is 7.25. The number of hydrogen-bond donors (Lipinski definition) is 2. The fraction of sp³-hybridized carbons (Fsp3) is 0.833. The van der Waals surface area contributed by atoms with Crippen molar-refractivity contribution in [3.63, 3.8) is 0 Å². The number of rotatable bonds is 10. The van der Waals surface area contributed by atoms with E-state index < -0.39 is 0 Å². The molecule has 0 bridgehead atoms. The first-order chi connectivity index (χ1) is 12.1. The van der Waals surface area contributed by atoms with Crippen LogP contribution in [0.1, 0.15) is 63.6 Å². The fourth-order valence-electron chi connectivity index (χ4n) is 3.05. The molecular weight excluding hydrogens is 445 g/mol. The van der Waals surface area contributed by atoms with Crippen LogP contribution in [-0.2, 0) is 11.2 Å². The zero-order valence-corrected chi connectivity index (χ0v) is 18.8. The molecule has 1 aliphatic carbocycles. The molecule has 0 amide bonds. The van der Waals surface area contributed by atoms with Gasteiger partial charge in [0.2, 0.25) is 5.89 Å². The molecule has 1 saturated carbocycles. The van der Waals surface area contributed by atoms with E-state index in [2.05, 4.69) is 39.6 Å². The summed E-state index contributed by atoms with van der Waals surface area (Å²) in [5.74, 6) is 2.65. The lowest BCUT2D eigenvalue weighted by molar-refractivity contribution is 0.0732. The number of methoxy groups -OCH3 is 1. The van der Waals surface area contributed by atoms with Crippen LogP contribution in [0.3, 0.4) is 0 Å². The molecule has 0 spiro atoms. The maximum atomic E-state index is 5.26. The van der Waals surface area contributed by atoms with Crippen LogP contribution in [0.5, 0.6) is 0 Å². The van der Waals surface area contributed by atoms with Crippen LogP contribution < -0.4 is 10.6 Å². The van der Waals surface area contributed by atoms with Gasteiger partial charge >= 0.3 is 0 Å². The van der Waals surface area contributed by atoms with Gasteiger partial charge in [-0.15, -0.1) is 24.0 Å². The van der Waals surface area contributed by atoms with Gasteiger partial charge in [0, 0.05) is 46.2 Å². The van der Waals surface area contributed by atoms with Gasteiger partial charge in [-0.05, 0) is 31.1 Å². The highest BCUT2D eigenvalue weighted by molar-refractivity contribution is 14.0. The van der Waals surface area contributed by atoms with Gasteiger partial charge in [0.1, 0.15) is 0 Å². The van der Waals surface area contributed by atoms with Gasteiger partial charge in [0.15, 0.2) is 11.8 Å². The van der Waals surface area contributed by atoms with Gasteiger partial charge < -0.3 is 19.9 Å². The third kappa shape index (κ3) is 7.02. The zero-order valence-electron chi connectivity index (χ0n) is 16.5. The first kappa shape index (κ1) is 23.1. The van der Waals surface area contributed by atoms with Gasteiger partial charge in [-0.2, -0.15) is 4.98 Å². The van der Waals surface area contributed by atoms with E-state index in [0.29, 0.717) is 17.2 Å². The van der Waals surface area contributed by atoms with Gasteiger partial charge in [-0.25, -0.2) is 0 Å². The first-order valence-electron chi connectivity index (χ1n) is 9.34. The van der Waals surface area contributed by atoms with Crippen molar-refractivity contribution in [2.75, 3.05) is 33.9 Å². The van der Waals surface area contributed by atoms with Crippen molar-refractivity contribution in [2.24, 2.45) is 10.4 Å². The maximum absolute atomic E-state index is 5.26. The van der Waals surface area contributed by atoms with E-state index in [1.807, 2.05) is 7.05 Å². The minimum atomic E-state index is 0. The van der Waals surface area contributed by atoms with E-state index in [-0.39, 0.29) is 24.0 Å². The largest absolute Gasteiger partial charge is 0.385 e. The van der Waals surface area contributed by atoms with Crippen LogP contribution in [0.4, 0.5) is 0 Å². The molecule has 0 aromatic carbocycles.